The molecular weight excluding hydrogens is 463 g/mol. The SMILES string of the molecule is O=C(Nc1ccc(F)cc1)[C@H]1CC(=O)N(Cc2ccc(F)cc2)C(=NCc2ccc(F)cc2)S1. The fourth-order valence-corrected chi connectivity index (χ4v) is 4.39. The van der Waals surface area contributed by atoms with Crippen LogP contribution in [-0.2, 0) is 22.7 Å². The Balaban J connectivity index is 1.54. The molecular formula is C25H20F3N3O2S. The lowest BCUT2D eigenvalue weighted by Crippen LogP contribution is -2.45. The monoisotopic (exact) mass is 483 g/mol. The second-order valence-electron chi connectivity index (χ2n) is 7.64. The summed E-state index contributed by atoms with van der Waals surface area (Å²) in [6.45, 7) is 0.350. The van der Waals surface area contributed by atoms with Crippen molar-refractivity contribution in [1.29, 1.82) is 0 Å². The van der Waals surface area contributed by atoms with Crippen molar-refractivity contribution in [2.24, 2.45) is 4.99 Å². The number of hydrogen-bond acceptors (Lipinski definition) is 4. The lowest BCUT2D eigenvalue weighted by molar-refractivity contribution is -0.129. The Morgan fingerprint density at radius 3 is 2.00 bits per heavy atom. The first-order valence-corrected chi connectivity index (χ1v) is 11.3. The Labute approximate surface area is 198 Å². The van der Waals surface area contributed by atoms with Gasteiger partial charge >= 0.3 is 0 Å². The number of amides is 2. The normalized spacial score (nSPS) is 17.1. The van der Waals surface area contributed by atoms with Gasteiger partial charge in [0.05, 0.1) is 13.1 Å². The van der Waals surface area contributed by atoms with Crippen LogP contribution in [0.15, 0.2) is 77.8 Å². The number of aliphatic imine (C=N–C) groups is 1. The Hall–Kier alpha value is -3.59. The van der Waals surface area contributed by atoms with E-state index in [-0.39, 0.29) is 37.1 Å². The molecule has 1 fully saturated rings. The molecule has 1 aliphatic heterocycles. The molecule has 0 saturated carbocycles. The van der Waals surface area contributed by atoms with E-state index in [1.807, 2.05) is 0 Å². The van der Waals surface area contributed by atoms with Crippen LogP contribution < -0.4 is 5.32 Å². The highest BCUT2D eigenvalue weighted by atomic mass is 32.2. The molecule has 0 radical (unpaired) electrons. The minimum atomic E-state index is -0.742. The number of thioether (sulfide) groups is 1. The van der Waals surface area contributed by atoms with Crippen molar-refractivity contribution in [3.63, 3.8) is 0 Å². The first-order chi connectivity index (χ1) is 16.4. The van der Waals surface area contributed by atoms with E-state index in [9.17, 15) is 22.8 Å². The minimum absolute atomic E-state index is 0.0611. The number of nitrogens with one attached hydrogen (secondary N) is 1. The summed E-state index contributed by atoms with van der Waals surface area (Å²) in [5, 5.41) is 2.29. The van der Waals surface area contributed by atoms with Crippen LogP contribution in [0.4, 0.5) is 18.9 Å². The molecule has 1 atom stereocenters. The largest absolute Gasteiger partial charge is 0.325 e. The zero-order chi connectivity index (χ0) is 24.1. The molecule has 5 nitrogen and oxygen atoms in total. The maximum atomic E-state index is 13.3. The molecule has 2 amide bonds. The Morgan fingerprint density at radius 1 is 0.882 bits per heavy atom. The van der Waals surface area contributed by atoms with E-state index in [1.165, 1.54) is 53.4 Å². The van der Waals surface area contributed by atoms with E-state index in [1.54, 1.807) is 24.3 Å². The zero-order valence-corrected chi connectivity index (χ0v) is 18.7. The number of benzene rings is 3. The molecule has 4 rings (SSSR count). The predicted octanol–water partition coefficient (Wildman–Crippen LogP) is 5.13. The van der Waals surface area contributed by atoms with Gasteiger partial charge in [0, 0.05) is 12.1 Å². The van der Waals surface area contributed by atoms with Gasteiger partial charge in [-0.05, 0) is 59.7 Å². The highest BCUT2D eigenvalue weighted by Crippen LogP contribution is 2.29. The zero-order valence-electron chi connectivity index (χ0n) is 17.9. The molecule has 0 spiro atoms. The third-order valence-corrected chi connectivity index (χ3v) is 6.33. The first-order valence-electron chi connectivity index (χ1n) is 10.4. The molecule has 9 heteroatoms. The van der Waals surface area contributed by atoms with Gasteiger partial charge < -0.3 is 5.32 Å². The van der Waals surface area contributed by atoms with Crippen LogP contribution in [0.1, 0.15) is 17.5 Å². The number of anilines is 1. The minimum Gasteiger partial charge on any atom is -0.325 e. The van der Waals surface area contributed by atoms with Gasteiger partial charge in [-0.15, -0.1) is 0 Å². The predicted molar refractivity (Wildman–Crippen MR) is 126 cm³/mol. The quantitative estimate of drug-likeness (QED) is 0.529. The molecule has 3 aromatic rings. The van der Waals surface area contributed by atoms with Crippen molar-refractivity contribution < 1.29 is 22.8 Å². The summed E-state index contributed by atoms with van der Waals surface area (Å²) >= 11 is 1.14. The number of rotatable bonds is 6. The Morgan fingerprint density at radius 2 is 1.41 bits per heavy atom. The van der Waals surface area contributed by atoms with Gasteiger partial charge in [-0.2, -0.15) is 0 Å². The Kier molecular flexibility index (Phi) is 7.32. The summed E-state index contributed by atoms with van der Waals surface area (Å²) in [5.74, 6) is -1.88. The van der Waals surface area contributed by atoms with Crippen molar-refractivity contribution in [1.82, 2.24) is 4.90 Å². The summed E-state index contributed by atoms with van der Waals surface area (Å²) < 4.78 is 39.7. The fourth-order valence-electron chi connectivity index (χ4n) is 3.31. The van der Waals surface area contributed by atoms with Crippen LogP contribution in [0, 0.1) is 17.5 Å². The van der Waals surface area contributed by atoms with Crippen molar-refractivity contribution >= 4 is 34.4 Å². The van der Waals surface area contributed by atoms with Crippen LogP contribution in [0.5, 0.6) is 0 Å². The number of amidine groups is 1. The van der Waals surface area contributed by atoms with E-state index in [2.05, 4.69) is 10.3 Å². The summed E-state index contributed by atoms with van der Waals surface area (Å²) in [6.07, 6.45) is -0.0611. The van der Waals surface area contributed by atoms with Gasteiger partial charge in [0.25, 0.3) is 0 Å². The van der Waals surface area contributed by atoms with Crippen molar-refractivity contribution in [3.05, 3.63) is 101 Å². The lowest BCUT2D eigenvalue weighted by Gasteiger charge is -2.32. The van der Waals surface area contributed by atoms with Crippen LogP contribution in [-0.4, -0.2) is 27.1 Å². The standard InChI is InChI=1S/C25H20F3N3O2S/c26-18-5-1-16(2-6-18)14-29-25-31(15-17-3-7-19(27)8-4-17)23(32)13-22(34-25)24(33)30-21-11-9-20(28)10-12-21/h1-12,22H,13-15H2,(H,30,33)/t22-/m1/s1. The van der Waals surface area contributed by atoms with Crippen LogP contribution in [0.25, 0.3) is 0 Å². The molecule has 1 aliphatic rings. The van der Waals surface area contributed by atoms with E-state index < -0.39 is 17.0 Å². The number of halogens is 3. The van der Waals surface area contributed by atoms with Gasteiger partial charge in [-0.25, -0.2) is 13.2 Å². The average molecular weight is 484 g/mol. The third-order valence-electron chi connectivity index (χ3n) is 5.11. The molecule has 174 valence electrons. The van der Waals surface area contributed by atoms with Gasteiger partial charge in [0.2, 0.25) is 11.8 Å². The molecule has 0 unspecified atom stereocenters. The van der Waals surface area contributed by atoms with Gasteiger partial charge in [0.1, 0.15) is 22.7 Å². The summed E-state index contributed by atoms with van der Waals surface area (Å²) in [6, 6.07) is 17.0. The van der Waals surface area contributed by atoms with Crippen LogP contribution in [0.3, 0.4) is 0 Å². The van der Waals surface area contributed by atoms with Gasteiger partial charge in [-0.3, -0.25) is 19.5 Å². The van der Waals surface area contributed by atoms with E-state index in [0.717, 1.165) is 17.3 Å². The summed E-state index contributed by atoms with van der Waals surface area (Å²) in [7, 11) is 0. The van der Waals surface area contributed by atoms with E-state index in [4.69, 9.17) is 0 Å². The lowest BCUT2D eigenvalue weighted by atomic mass is 10.2. The van der Waals surface area contributed by atoms with Crippen LogP contribution >= 0.6 is 11.8 Å². The number of nitrogens with zero attached hydrogens (tertiary/aromatic N) is 2. The van der Waals surface area contributed by atoms with E-state index >= 15 is 0 Å². The molecule has 0 aromatic heterocycles. The number of hydrogen-bond donors (Lipinski definition) is 1. The highest BCUT2D eigenvalue weighted by Gasteiger charge is 2.35. The summed E-state index contributed by atoms with van der Waals surface area (Å²) in [4.78, 5) is 31.8. The first kappa shape index (κ1) is 23.6. The van der Waals surface area contributed by atoms with Crippen molar-refractivity contribution in [2.45, 2.75) is 24.8 Å². The maximum Gasteiger partial charge on any atom is 0.238 e. The highest BCUT2D eigenvalue weighted by molar-refractivity contribution is 8.15. The topological polar surface area (TPSA) is 61.8 Å². The van der Waals surface area contributed by atoms with Gasteiger partial charge in [-0.1, -0.05) is 36.0 Å². The molecule has 0 bridgehead atoms. The molecule has 3 aromatic carbocycles. The Bertz CT molecular complexity index is 1200. The molecule has 0 aliphatic carbocycles. The number of carbonyl (C=O) groups is 2. The average Bonchev–Trinajstić information content (AvgIpc) is 2.83. The van der Waals surface area contributed by atoms with E-state index in [0.29, 0.717) is 16.4 Å². The summed E-state index contributed by atoms with van der Waals surface area (Å²) in [5.41, 5.74) is 1.86. The second-order valence-corrected chi connectivity index (χ2v) is 8.81. The molecule has 1 heterocycles. The third kappa shape index (κ3) is 6.05. The molecule has 34 heavy (non-hydrogen) atoms. The molecule has 1 saturated heterocycles. The van der Waals surface area contributed by atoms with Crippen molar-refractivity contribution in [2.75, 3.05) is 5.32 Å². The maximum absolute atomic E-state index is 13.3. The fraction of sp³-hybridized carbons (Fsp3) is 0.160. The second kappa shape index (κ2) is 10.6. The van der Waals surface area contributed by atoms with Crippen molar-refractivity contribution in [3.8, 4) is 0 Å². The number of carbonyl (C=O) groups excluding carboxylic acids is 2. The molecule has 1 N–H and O–H groups in total. The van der Waals surface area contributed by atoms with Gasteiger partial charge in [0.15, 0.2) is 5.17 Å². The van der Waals surface area contributed by atoms with Crippen LogP contribution in [0.2, 0.25) is 0 Å². The smallest absolute Gasteiger partial charge is 0.238 e.